The fourth-order valence-corrected chi connectivity index (χ4v) is 1.69. The van der Waals surface area contributed by atoms with E-state index >= 15 is 0 Å². The van der Waals surface area contributed by atoms with Crippen LogP contribution in [0.25, 0.3) is 0 Å². The van der Waals surface area contributed by atoms with Gasteiger partial charge in [-0.25, -0.2) is 4.39 Å². The van der Waals surface area contributed by atoms with E-state index < -0.39 is 5.82 Å². The number of hydrogen-bond acceptors (Lipinski definition) is 2. The number of anilines is 1. The number of benzene rings is 1. The van der Waals surface area contributed by atoms with Gasteiger partial charge in [-0.1, -0.05) is 0 Å². The summed E-state index contributed by atoms with van der Waals surface area (Å²) in [6.07, 6.45) is 0. The Balaban J connectivity index is 2.31. The van der Waals surface area contributed by atoms with E-state index in [1.165, 1.54) is 17.0 Å². The van der Waals surface area contributed by atoms with Crippen LogP contribution in [0.3, 0.4) is 0 Å². The molecule has 1 fully saturated rings. The van der Waals surface area contributed by atoms with E-state index in [0.29, 0.717) is 10.2 Å². The second-order valence-corrected chi connectivity index (χ2v) is 4.21. The average Bonchev–Trinajstić information content (AvgIpc) is 2.26. The maximum absolute atomic E-state index is 13.3. The van der Waals surface area contributed by atoms with Crippen molar-refractivity contribution in [3.8, 4) is 0 Å². The maximum atomic E-state index is 13.3. The lowest BCUT2D eigenvalue weighted by Gasteiger charge is -2.26. The monoisotopic (exact) mass is 286 g/mol. The Hall–Kier alpha value is -1.43. The largest absolute Gasteiger partial charge is 0.345 e. The molecular formula is C10H8BrFN2O2. The molecule has 84 valence electrons. The van der Waals surface area contributed by atoms with Crippen LogP contribution in [0.15, 0.2) is 22.7 Å². The number of amides is 2. The number of halogens is 2. The van der Waals surface area contributed by atoms with E-state index in [0.717, 1.165) is 0 Å². The molecule has 0 atom stereocenters. The molecule has 0 radical (unpaired) electrons. The minimum absolute atomic E-state index is 0.0451. The first-order valence-electron chi connectivity index (χ1n) is 4.60. The molecule has 1 aliphatic heterocycles. The van der Waals surface area contributed by atoms with Gasteiger partial charge >= 0.3 is 0 Å². The summed E-state index contributed by atoms with van der Waals surface area (Å²) in [5, 5.41) is 2.42. The Morgan fingerprint density at radius 1 is 1.38 bits per heavy atom. The Morgan fingerprint density at radius 2 is 2.12 bits per heavy atom. The smallest absolute Gasteiger partial charge is 0.246 e. The predicted molar refractivity (Wildman–Crippen MR) is 59.5 cm³/mol. The minimum Gasteiger partial charge on any atom is -0.345 e. The highest BCUT2D eigenvalue weighted by Crippen LogP contribution is 2.22. The second kappa shape index (κ2) is 4.21. The van der Waals surface area contributed by atoms with Crippen LogP contribution in [0, 0.1) is 5.82 Å². The van der Waals surface area contributed by atoms with Gasteiger partial charge in [-0.2, -0.15) is 0 Å². The topological polar surface area (TPSA) is 49.4 Å². The van der Waals surface area contributed by atoms with Crippen LogP contribution in [0.1, 0.15) is 0 Å². The zero-order valence-corrected chi connectivity index (χ0v) is 9.75. The van der Waals surface area contributed by atoms with Crippen molar-refractivity contribution < 1.29 is 14.0 Å². The number of rotatable bonds is 1. The molecule has 1 saturated heterocycles. The van der Waals surface area contributed by atoms with Gasteiger partial charge in [0, 0.05) is 5.69 Å². The standard InChI is InChI=1S/C10H8BrFN2O2/c11-7-2-1-6(3-8(7)12)14-5-9(15)13-4-10(14)16/h1-3H,4-5H2,(H,13,15). The minimum atomic E-state index is -0.462. The van der Waals surface area contributed by atoms with Gasteiger partial charge in [0.2, 0.25) is 11.8 Å². The third-order valence-corrected chi connectivity index (χ3v) is 2.90. The van der Waals surface area contributed by atoms with Gasteiger partial charge < -0.3 is 10.2 Å². The second-order valence-electron chi connectivity index (χ2n) is 3.36. The Bertz CT molecular complexity index is 464. The van der Waals surface area contributed by atoms with Crippen LogP contribution in [0.2, 0.25) is 0 Å². The Kier molecular flexibility index (Phi) is 2.91. The van der Waals surface area contributed by atoms with E-state index in [1.807, 2.05) is 0 Å². The molecule has 1 N–H and O–H groups in total. The predicted octanol–water partition coefficient (Wildman–Crippen LogP) is 1.05. The molecule has 0 saturated carbocycles. The van der Waals surface area contributed by atoms with E-state index in [-0.39, 0.29) is 24.9 Å². The molecule has 2 amide bonds. The molecule has 1 aromatic rings. The highest BCUT2D eigenvalue weighted by atomic mass is 79.9. The van der Waals surface area contributed by atoms with E-state index in [1.54, 1.807) is 6.07 Å². The summed E-state index contributed by atoms with van der Waals surface area (Å²) in [6.45, 7) is -0.115. The Morgan fingerprint density at radius 3 is 2.81 bits per heavy atom. The SMILES string of the molecule is O=C1CN(c2ccc(Br)c(F)c2)C(=O)CN1. The molecule has 0 unspecified atom stereocenters. The maximum Gasteiger partial charge on any atom is 0.246 e. The third-order valence-electron chi connectivity index (χ3n) is 2.25. The number of nitrogens with zero attached hydrogens (tertiary/aromatic N) is 1. The first kappa shape index (κ1) is 11.1. The average molecular weight is 287 g/mol. The number of carbonyl (C=O) groups excluding carboxylic acids is 2. The fourth-order valence-electron chi connectivity index (χ4n) is 1.45. The van der Waals surface area contributed by atoms with Crippen LogP contribution in [-0.2, 0) is 9.59 Å². The molecule has 0 aromatic heterocycles. The van der Waals surface area contributed by atoms with E-state index in [9.17, 15) is 14.0 Å². The van der Waals surface area contributed by atoms with Crippen LogP contribution >= 0.6 is 15.9 Å². The fraction of sp³-hybridized carbons (Fsp3) is 0.200. The number of piperazine rings is 1. The van der Waals surface area contributed by atoms with Crippen molar-refractivity contribution in [3.63, 3.8) is 0 Å². The van der Waals surface area contributed by atoms with Crippen molar-refractivity contribution in [3.05, 3.63) is 28.5 Å². The summed E-state index contributed by atoms with van der Waals surface area (Å²) in [7, 11) is 0. The summed E-state index contributed by atoms with van der Waals surface area (Å²) in [6, 6.07) is 4.31. The third kappa shape index (κ3) is 2.06. The number of carbonyl (C=O) groups is 2. The quantitative estimate of drug-likeness (QED) is 0.839. The summed E-state index contributed by atoms with van der Waals surface area (Å²) in [4.78, 5) is 23.9. The molecule has 0 bridgehead atoms. The van der Waals surface area contributed by atoms with E-state index in [2.05, 4.69) is 21.2 Å². The van der Waals surface area contributed by atoms with Gasteiger partial charge in [0.1, 0.15) is 12.4 Å². The zero-order chi connectivity index (χ0) is 11.7. The number of hydrogen-bond donors (Lipinski definition) is 1. The molecular weight excluding hydrogens is 279 g/mol. The molecule has 0 spiro atoms. The van der Waals surface area contributed by atoms with Gasteiger partial charge in [-0.05, 0) is 34.1 Å². The van der Waals surface area contributed by atoms with Crippen molar-refractivity contribution in [2.24, 2.45) is 0 Å². The molecule has 16 heavy (non-hydrogen) atoms. The first-order valence-corrected chi connectivity index (χ1v) is 5.39. The normalized spacial score (nSPS) is 16.2. The zero-order valence-electron chi connectivity index (χ0n) is 8.17. The van der Waals surface area contributed by atoms with Crippen molar-refractivity contribution in [2.45, 2.75) is 0 Å². The molecule has 6 heteroatoms. The molecule has 4 nitrogen and oxygen atoms in total. The van der Waals surface area contributed by atoms with Gasteiger partial charge in [-0.15, -0.1) is 0 Å². The van der Waals surface area contributed by atoms with Gasteiger partial charge in [-0.3, -0.25) is 9.59 Å². The van der Waals surface area contributed by atoms with Crippen molar-refractivity contribution >= 4 is 33.4 Å². The van der Waals surface area contributed by atoms with Crippen LogP contribution in [0.4, 0.5) is 10.1 Å². The van der Waals surface area contributed by atoms with Crippen molar-refractivity contribution in [1.29, 1.82) is 0 Å². The van der Waals surface area contributed by atoms with Crippen LogP contribution in [0.5, 0.6) is 0 Å². The Labute approximate surface area is 99.6 Å². The van der Waals surface area contributed by atoms with Crippen molar-refractivity contribution in [1.82, 2.24) is 5.32 Å². The van der Waals surface area contributed by atoms with Gasteiger partial charge in [0.05, 0.1) is 11.0 Å². The highest BCUT2D eigenvalue weighted by Gasteiger charge is 2.24. The summed E-state index contributed by atoms with van der Waals surface area (Å²) in [5.41, 5.74) is 0.389. The lowest BCUT2D eigenvalue weighted by atomic mass is 10.2. The molecule has 0 aliphatic carbocycles. The number of nitrogens with one attached hydrogen (secondary N) is 1. The summed E-state index contributed by atoms with van der Waals surface area (Å²) in [5.74, 6) is -0.958. The van der Waals surface area contributed by atoms with Gasteiger partial charge in [0.25, 0.3) is 0 Å². The summed E-state index contributed by atoms with van der Waals surface area (Å²) >= 11 is 3.02. The van der Waals surface area contributed by atoms with Crippen molar-refractivity contribution in [2.75, 3.05) is 18.0 Å². The molecule has 2 rings (SSSR count). The van der Waals surface area contributed by atoms with E-state index in [4.69, 9.17) is 0 Å². The van der Waals surface area contributed by atoms with Crippen LogP contribution in [-0.4, -0.2) is 24.9 Å². The molecule has 1 aromatic carbocycles. The first-order chi connectivity index (χ1) is 7.58. The van der Waals surface area contributed by atoms with Crippen LogP contribution < -0.4 is 10.2 Å². The summed E-state index contributed by atoms with van der Waals surface area (Å²) < 4.78 is 13.6. The lowest BCUT2D eigenvalue weighted by molar-refractivity contribution is -0.128. The molecule has 1 aliphatic rings. The highest BCUT2D eigenvalue weighted by molar-refractivity contribution is 9.10. The lowest BCUT2D eigenvalue weighted by Crippen LogP contribution is -2.51. The molecule has 1 heterocycles. The van der Waals surface area contributed by atoms with Gasteiger partial charge in [0.15, 0.2) is 0 Å².